The number of hydrogen-bond donors (Lipinski definition) is 0. The van der Waals surface area contributed by atoms with Crippen LogP contribution in [-0.2, 0) is 10.0 Å². The minimum atomic E-state index is -3.66. The highest BCUT2D eigenvalue weighted by atomic mass is 32.2. The maximum absolute atomic E-state index is 13.3. The van der Waals surface area contributed by atoms with E-state index in [1.54, 1.807) is 17.0 Å². The van der Waals surface area contributed by atoms with E-state index in [9.17, 15) is 13.2 Å². The molecule has 7 heteroatoms. The highest BCUT2D eigenvalue weighted by molar-refractivity contribution is 7.89. The molecule has 2 aliphatic rings. The van der Waals surface area contributed by atoms with Crippen LogP contribution < -0.4 is 0 Å². The second-order valence-electron chi connectivity index (χ2n) is 8.13. The second-order valence-corrected chi connectivity index (χ2v) is 10.0. The average molecular weight is 394 g/mol. The van der Waals surface area contributed by atoms with Gasteiger partial charge in [0.2, 0.25) is 10.0 Å². The molecule has 0 bridgehead atoms. The molecule has 0 spiro atoms. The van der Waals surface area contributed by atoms with Crippen molar-refractivity contribution in [2.45, 2.75) is 64.1 Å². The monoisotopic (exact) mass is 393 g/mol. The number of sulfonamides is 1. The maximum atomic E-state index is 13.3. The summed E-state index contributed by atoms with van der Waals surface area (Å²) in [4.78, 5) is 17.2. The first-order valence-electron chi connectivity index (χ1n) is 9.89. The van der Waals surface area contributed by atoms with Gasteiger partial charge in [-0.05, 0) is 51.2 Å². The van der Waals surface area contributed by atoms with E-state index in [0.29, 0.717) is 11.4 Å². The Morgan fingerprint density at radius 2 is 1.67 bits per heavy atom. The molecular formula is C20H31N3O3S. The lowest BCUT2D eigenvalue weighted by Crippen LogP contribution is -2.54. The van der Waals surface area contributed by atoms with E-state index in [0.717, 1.165) is 37.9 Å². The summed E-state index contributed by atoms with van der Waals surface area (Å²) in [6.07, 6.45) is 2.74. The lowest BCUT2D eigenvalue weighted by molar-refractivity contribution is 0.0985. The second kappa shape index (κ2) is 7.80. The third-order valence-electron chi connectivity index (χ3n) is 5.57. The summed E-state index contributed by atoms with van der Waals surface area (Å²) in [6, 6.07) is 6.76. The highest BCUT2D eigenvalue weighted by Gasteiger charge is 2.48. The number of likely N-dealkylation sites (tertiary alicyclic amines) is 1. The molecular weight excluding hydrogens is 362 g/mol. The van der Waals surface area contributed by atoms with Gasteiger partial charge < -0.3 is 9.80 Å². The Morgan fingerprint density at radius 1 is 1.07 bits per heavy atom. The van der Waals surface area contributed by atoms with E-state index in [4.69, 9.17) is 0 Å². The first kappa shape index (κ1) is 20.1. The Balaban J connectivity index is 1.92. The number of aryl methyl sites for hydroxylation is 1. The van der Waals surface area contributed by atoms with Crippen LogP contribution in [0.3, 0.4) is 0 Å². The number of rotatable bonds is 3. The van der Waals surface area contributed by atoms with Gasteiger partial charge in [-0.1, -0.05) is 31.5 Å². The van der Waals surface area contributed by atoms with Crippen molar-refractivity contribution in [3.05, 3.63) is 29.8 Å². The van der Waals surface area contributed by atoms with Crippen molar-refractivity contribution < 1.29 is 13.2 Å². The summed E-state index contributed by atoms with van der Waals surface area (Å²) in [5.41, 5.74) is 1.02. The van der Waals surface area contributed by atoms with Crippen molar-refractivity contribution in [2.24, 2.45) is 5.92 Å². The quantitative estimate of drug-likeness (QED) is 0.792. The Bertz CT molecular complexity index is 770. The molecule has 2 atom stereocenters. The smallest absolute Gasteiger partial charge is 0.321 e. The lowest BCUT2D eigenvalue weighted by atomic mass is 10.1. The number of carbonyl (C=O) groups excluding carboxylic acids is 1. The van der Waals surface area contributed by atoms with E-state index in [1.165, 1.54) is 4.31 Å². The Kier molecular flexibility index (Phi) is 5.82. The van der Waals surface area contributed by atoms with Gasteiger partial charge in [-0.25, -0.2) is 13.2 Å². The van der Waals surface area contributed by atoms with Crippen LogP contribution >= 0.6 is 0 Å². The molecule has 2 fully saturated rings. The number of nitrogens with zero attached hydrogens (tertiary/aromatic N) is 3. The minimum absolute atomic E-state index is 0.00362. The Hall–Kier alpha value is -1.60. The van der Waals surface area contributed by atoms with Crippen LogP contribution in [0.5, 0.6) is 0 Å². The van der Waals surface area contributed by atoms with E-state index < -0.39 is 16.2 Å². The van der Waals surface area contributed by atoms with Gasteiger partial charge in [0.1, 0.15) is 6.17 Å². The standard InChI is InChI=1S/C20H31N3O3S/c1-15(2)19-22(27(25,26)18-10-8-16(3)9-11-18)14-17(4)23(19)20(24)21-12-6-5-7-13-21/h8-11,15,17,19H,5-7,12-14H2,1-4H3. The molecule has 2 unspecified atom stereocenters. The van der Waals surface area contributed by atoms with Crippen LogP contribution in [0.2, 0.25) is 0 Å². The molecule has 1 aromatic rings. The van der Waals surface area contributed by atoms with Gasteiger partial charge in [-0.3, -0.25) is 0 Å². The fourth-order valence-electron chi connectivity index (χ4n) is 4.15. The first-order chi connectivity index (χ1) is 12.7. The van der Waals surface area contributed by atoms with Crippen molar-refractivity contribution >= 4 is 16.1 Å². The third-order valence-corrected chi connectivity index (χ3v) is 7.42. The number of carbonyl (C=O) groups is 1. The van der Waals surface area contributed by atoms with E-state index in [2.05, 4.69) is 0 Å². The van der Waals surface area contributed by atoms with Gasteiger partial charge >= 0.3 is 6.03 Å². The first-order valence-corrected chi connectivity index (χ1v) is 11.3. The zero-order valence-electron chi connectivity index (χ0n) is 16.8. The number of hydrogen-bond acceptors (Lipinski definition) is 3. The van der Waals surface area contributed by atoms with Gasteiger partial charge in [-0.2, -0.15) is 4.31 Å². The molecule has 0 aromatic heterocycles. The summed E-state index contributed by atoms with van der Waals surface area (Å²) in [5.74, 6) is 0.00362. The van der Waals surface area contributed by atoms with Crippen molar-refractivity contribution in [3.8, 4) is 0 Å². The maximum Gasteiger partial charge on any atom is 0.321 e. The predicted octanol–water partition coefficient (Wildman–Crippen LogP) is 3.28. The molecule has 6 nitrogen and oxygen atoms in total. The van der Waals surface area contributed by atoms with Gasteiger partial charge in [0, 0.05) is 25.7 Å². The molecule has 3 rings (SSSR count). The molecule has 150 valence electrons. The fraction of sp³-hybridized carbons (Fsp3) is 0.650. The zero-order valence-corrected chi connectivity index (χ0v) is 17.6. The van der Waals surface area contributed by atoms with Crippen LogP contribution in [0.1, 0.15) is 45.6 Å². The normalized spacial score (nSPS) is 24.6. The summed E-state index contributed by atoms with van der Waals surface area (Å²) in [7, 11) is -3.66. The van der Waals surface area contributed by atoms with E-state index >= 15 is 0 Å². The number of amides is 2. The van der Waals surface area contributed by atoms with Crippen molar-refractivity contribution in [2.75, 3.05) is 19.6 Å². The summed E-state index contributed by atoms with van der Waals surface area (Å²) >= 11 is 0. The molecule has 0 radical (unpaired) electrons. The molecule has 2 aliphatic heterocycles. The molecule has 2 heterocycles. The largest absolute Gasteiger partial charge is 0.325 e. The van der Waals surface area contributed by atoms with Crippen LogP contribution in [0.25, 0.3) is 0 Å². The van der Waals surface area contributed by atoms with Gasteiger partial charge in [0.15, 0.2) is 0 Å². The number of benzene rings is 1. The Morgan fingerprint density at radius 3 is 2.22 bits per heavy atom. The highest BCUT2D eigenvalue weighted by Crippen LogP contribution is 2.33. The van der Waals surface area contributed by atoms with Gasteiger partial charge in [-0.15, -0.1) is 0 Å². The van der Waals surface area contributed by atoms with Crippen molar-refractivity contribution in [3.63, 3.8) is 0 Å². The average Bonchev–Trinajstić information content (AvgIpc) is 3.00. The topological polar surface area (TPSA) is 60.9 Å². The molecule has 0 saturated carbocycles. The summed E-state index contributed by atoms with van der Waals surface area (Å²) in [5, 5.41) is 0. The lowest BCUT2D eigenvalue weighted by Gasteiger charge is -2.38. The van der Waals surface area contributed by atoms with E-state index in [-0.39, 0.29) is 18.0 Å². The molecule has 27 heavy (non-hydrogen) atoms. The Labute approximate surface area is 163 Å². The zero-order chi connectivity index (χ0) is 19.8. The predicted molar refractivity (Wildman–Crippen MR) is 106 cm³/mol. The molecule has 0 N–H and O–H groups in total. The number of piperidine rings is 1. The van der Waals surface area contributed by atoms with Gasteiger partial charge in [0.25, 0.3) is 0 Å². The van der Waals surface area contributed by atoms with Crippen LogP contribution in [0.4, 0.5) is 4.79 Å². The van der Waals surface area contributed by atoms with E-state index in [1.807, 2.05) is 44.7 Å². The summed E-state index contributed by atoms with van der Waals surface area (Å²) in [6.45, 7) is 9.70. The minimum Gasteiger partial charge on any atom is -0.325 e. The van der Waals surface area contributed by atoms with Crippen molar-refractivity contribution in [1.82, 2.24) is 14.1 Å². The van der Waals surface area contributed by atoms with Crippen LogP contribution in [0, 0.1) is 12.8 Å². The summed E-state index contributed by atoms with van der Waals surface area (Å²) < 4.78 is 28.2. The molecule has 1 aromatic carbocycles. The van der Waals surface area contributed by atoms with Crippen LogP contribution in [0.15, 0.2) is 29.2 Å². The molecule has 0 aliphatic carbocycles. The number of urea groups is 1. The molecule has 2 amide bonds. The van der Waals surface area contributed by atoms with Crippen molar-refractivity contribution in [1.29, 1.82) is 0 Å². The third kappa shape index (κ3) is 3.85. The fourth-order valence-corrected chi connectivity index (χ4v) is 5.94. The van der Waals surface area contributed by atoms with Gasteiger partial charge in [0.05, 0.1) is 4.90 Å². The molecule has 2 saturated heterocycles. The SMILES string of the molecule is Cc1ccc(S(=O)(=O)N2CC(C)N(C(=O)N3CCCCC3)C2C(C)C)cc1. The van der Waals surface area contributed by atoms with Crippen LogP contribution in [-0.4, -0.2) is 60.4 Å².